The Hall–Kier alpha value is -2.56. The van der Waals surface area contributed by atoms with Gasteiger partial charge in [-0.25, -0.2) is 4.39 Å². The molecule has 1 aromatic heterocycles. The van der Waals surface area contributed by atoms with Crippen LogP contribution >= 0.6 is 23.4 Å². The van der Waals surface area contributed by atoms with Crippen LogP contribution in [0.3, 0.4) is 0 Å². The molecule has 34 heavy (non-hydrogen) atoms. The topological polar surface area (TPSA) is 96.7 Å². The summed E-state index contributed by atoms with van der Waals surface area (Å²) in [6.07, 6.45) is 2.79. The van der Waals surface area contributed by atoms with Gasteiger partial charge in [-0.05, 0) is 30.9 Å². The molecule has 0 atom stereocenters. The van der Waals surface area contributed by atoms with E-state index in [1.165, 1.54) is 18.2 Å². The quantitative estimate of drug-likeness (QED) is 0.550. The van der Waals surface area contributed by atoms with Gasteiger partial charge < -0.3 is 14.7 Å². The maximum Gasteiger partial charge on any atom is 0.269 e. The normalized spacial score (nSPS) is 16.9. The molecule has 2 aromatic rings. The zero-order valence-electron chi connectivity index (χ0n) is 19.0. The number of piperidine rings is 1. The Morgan fingerprint density at radius 1 is 1.35 bits per heavy atom. The number of nitrogens with one attached hydrogen (secondary N) is 2. The minimum Gasteiger partial charge on any atom is -0.360 e. The van der Waals surface area contributed by atoms with Gasteiger partial charge in [0.25, 0.3) is 11.8 Å². The first-order valence-electron chi connectivity index (χ1n) is 11.1. The van der Waals surface area contributed by atoms with Gasteiger partial charge in [-0.2, -0.15) is 11.8 Å². The number of amides is 2. The minimum atomic E-state index is -0.664. The number of nitrogens with zero attached hydrogens (tertiary/aromatic N) is 2. The third-order valence-electron chi connectivity index (χ3n) is 5.93. The number of hydrogen-bond acceptors (Lipinski definition) is 7. The lowest BCUT2D eigenvalue weighted by Crippen LogP contribution is -2.46. The molecule has 2 amide bonds. The summed E-state index contributed by atoms with van der Waals surface area (Å²) in [4.78, 5) is 33.2. The van der Waals surface area contributed by atoms with Crippen LogP contribution in [0.5, 0.6) is 0 Å². The summed E-state index contributed by atoms with van der Waals surface area (Å²) >= 11 is 7.95. The van der Waals surface area contributed by atoms with E-state index in [1.54, 1.807) is 29.7 Å². The van der Waals surface area contributed by atoms with Gasteiger partial charge in [0, 0.05) is 38.2 Å². The van der Waals surface area contributed by atoms with Crippen molar-refractivity contribution in [3.05, 3.63) is 52.1 Å². The summed E-state index contributed by atoms with van der Waals surface area (Å²) in [5, 5.41) is 6.94. The van der Waals surface area contributed by atoms with Gasteiger partial charge in [-0.3, -0.25) is 19.9 Å². The van der Waals surface area contributed by atoms with E-state index in [0.29, 0.717) is 43.9 Å². The van der Waals surface area contributed by atoms with Crippen molar-refractivity contribution in [1.82, 2.24) is 20.9 Å². The molecule has 2 aliphatic heterocycles. The van der Waals surface area contributed by atoms with Crippen molar-refractivity contribution in [2.45, 2.75) is 32.3 Å². The highest BCUT2D eigenvalue weighted by atomic mass is 35.5. The second kappa shape index (κ2) is 10.4. The van der Waals surface area contributed by atoms with E-state index >= 15 is 0 Å². The van der Waals surface area contributed by atoms with Crippen LogP contribution in [0.4, 0.5) is 4.39 Å². The summed E-state index contributed by atoms with van der Waals surface area (Å²) in [5.74, 6) is 1.03. The summed E-state index contributed by atoms with van der Waals surface area (Å²) in [5.41, 5.74) is 2.77. The molecule has 1 fully saturated rings. The van der Waals surface area contributed by atoms with Crippen LogP contribution in [-0.4, -0.2) is 58.6 Å². The second-order valence-corrected chi connectivity index (χ2v) is 9.93. The van der Waals surface area contributed by atoms with Gasteiger partial charge >= 0.3 is 0 Å². The Morgan fingerprint density at radius 3 is 2.82 bits per heavy atom. The number of carbonyl (C=O) groups excluding carboxylic acids is 2. The van der Waals surface area contributed by atoms with Crippen LogP contribution in [-0.2, 0) is 9.63 Å². The van der Waals surface area contributed by atoms with Crippen molar-refractivity contribution >= 4 is 35.2 Å². The molecule has 0 bridgehead atoms. The minimum absolute atomic E-state index is 0.0390. The highest BCUT2D eigenvalue weighted by Crippen LogP contribution is 2.36. The average molecular weight is 509 g/mol. The molecule has 0 saturated carbocycles. The van der Waals surface area contributed by atoms with E-state index in [2.05, 4.69) is 22.9 Å². The van der Waals surface area contributed by atoms with Gasteiger partial charge in [-0.1, -0.05) is 29.7 Å². The monoisotopic (exact) mass is 508 g/mol. The first-order valence-corrected chi connectivity index (χ1v) is 12.6. The lowest BCUT2D eigenvalue weighted by molar-refractivity contribution is -0.120. The van der Waals surface area contributed by atoms with Crippen LogP contribution < -0.4 is 10.8 Å². The smallest absolute Gasteiger partial charge is 0.269 e. The summed E-state index contributed by atoms with van der Waals surface area (Å²) < 4.78 is 19.7. The molecule has 3 heterocycles. The molecule has 0 radical (unpaired) electrons. The number of aromatic nitrogens is 1. The second-order valence-electron chi connectivity index (χ2n) is 8.13. The summed E-state index contributed by atoms with van der Waals surface area (Å²) in [6, 6.07) is 4.29. The number of halogens is 2. The number of hydroxylamine groups is 1. The van der Waals surface area contributed by atoms with E-state index in [-0.39, 0.29) is 33.7 Å². The first-order chi connectivity index (χ1) is 16.3. The van der Waals surface area contributed by atoms with E-state index < -0.39 is 11.4 Å². The Bertz CT molecular complexity index is 1090. The summed E-state index contributed by atoms with van der Waals surface area (Å²) in [7, 11) is 0. The maximum absolute atomic E-state index is 14.5. The predicted molar refractivity (Wildman–Crippen MR) is 128 cm³/mol. The van der Waals surface area contributed by atoms with Crippen molar-refractivity contribution in [3.8, 4) is 11.3 Å². The van der Waals surface area contributed by atoms with E-state index in [1.807, 2.05) is 0 Å². The Balaban J connectivity index is 1.44. The van der Waals surface area contributed by atoms with E-state index in [0.717, 1.165) is 11.5 Å². The molecule has 11 heteroatoms. The molecule has 1 aromatic carbocycles. The molecule has 2 N–H and O–H groups in total. The Morgan fingerprint density at radius 2 is 2.12 bits per heavy atom. The molecule has 8 nitrogen and oxygen atoms in total. The van der Waals surface area contributed by atoms with Crippen LogP contribution in [0.1, 0.15) is 35.9 Å². The van der Waals surface area contributed by atoms with Crippen molar-refractivity contribution in [2.24, 2.45) is 0 Å². The fourth-order valence-corrected chi connectivity index (χ4v) is 4.87. The van der Waals surface area contributed by atoms with Crippen molar-refractivity contribution in [3.63, 3.8) is 0 Å². The van der Waals surface area contributed by atoms with E-state index in [9.17, 15) is 14.0 Å². The molecule has 0 unspecified atom stereocenters. The fourth-order valence-electron chi connectivity index (χ4n) is 4.08. The van der Waals surface area contributed by atoms with Crippen LogP contribution in [0.2, 0.25) is 5.02 Å². The van der Waals surface area contributed by atoms with Gasteiger partial charge in [0.2, 0.25) is 0 Å². The lowest BCUT2D eigenvalue weighted by Gasteiger charge is -2.36. The van der Waals surface area contributed by atoms with Crippen molar-refractivity contribution in [2.75, 3.05) is 31.1 Å². The third-order valence-corrected chi connectivity index (χ3v) is 7.14. The molecule has 1 saturated heterocycles. The van der Waals surface area contributed by atoms with E-state index in [4.69, 9.17) is 21.0 Å². The molecular formula is C23H26ClFN4O4S. The SMILES string of the molecule is CCSCCNC(=O)C1=CC2(CCN(C(=O)c3c(-c4c(F)cccc4Cl)noc3C)CC2)ON1. The number of hydrogen-bond donors (Lipinski definition) is 2. The molecular weight excluding hydrogens is 483 g/mol. The predicted octanol–water partition coefficient (Wildman–Crippen LogP) is 3.71. The average Bonchev–Trinajstić information content (AvgIpc) is 3.40. The maximum atomic E-state index is 14.5. The Labute approximate surface area is 206 Å². The molecule has 2 aliphatic rings. The van der Waals surface area contributed by atoms with Gasteiger partial charge in [-0.15, -0.1) is 0 Å². The molecule has 1 spiro atoms. The summed E-state index contributed by atoms with van der Waals surface area (Å²) in [6.45, 7) is 5.03. The zero-order valence-corrected chi connectivity index (χ0v) is 20.5. The van der Waals surface area contributed by atoms with Crippen molar-refractivity contribution < 1.29 is 23.3 Å². The molecule has 182 valence electrons. The van der Waals surface area contributed by atoms with Gasteiger partial charge in [0.1, 0.15) is 34.1 Å². The number of aryl methyl sites for hydroxylation is 1. The van der Waals surface area contributed by atoms with Crippen LogP contribution in [0.15, 0.2) is 34.5 Å². The highest BCUT2D eigenvalue weighted by molar-refractivity contribution is 7.99. The van der Waals surface area contributed by atoms with Crippen molar-refractivity contribution in [1.29, 1.82) is 0 Å². The van der Waals surface area contributed by atoms with Gasteiger partial charge in [0.05, 0.1) is 10.6 Å². The number of benzene rings is 1. The standard InChI is InChI=1S/C23H26ClFN4O4S/c1-3-34-12-9-26-21(30)17-13-23(33-27-17)7-10-29(11-8-23)22(31)18-14(2)32-28-20(18)19-15(24)5-4-6-16(19)25/h4-6,13,27H,3,7-12H2,1-2H3,(H,26,30). The molecule has 0 aliphatic carbocycles. The number of rotatable bonds is 7. The highest BCUT2D eigenvalue weighted by Gasteiger charge is 2.42. The first kappa shape index (κ1) is 24.6. The Kier molecular flexibility index (Phi) is 7.49. The largest absolute Gasteiger partial charge is 0.360 e. The number of carbonyl (C=O) groups is 2. The molecule has 4 rings (SSSR count). The fraction of sp³-hybridized carbons (Fsp3) is 0.435. The third kappa shape index (κ3) is 4.94. The number of likely N-dealkylation sites (tertiary alicyclic amines) is 1. The van der Waals surface area contributed by atoms with Gasteiger partial charge in [0.15, 0.2) is 0 Å². The zero-order chi connectivity index (χ0) is 24.3. The lowest BCUT2D eigenvalue weighted by atomic mass is 9.90. The number of thioether (sulfide) groups is 1. The van der Waals surface area contributed by atoms with Crippen LogP contribution in [0.25, 0.3) is 11.3 Å². The van der Waals surface area contributed by atoms with Crippen LogP contribution in [0, 0.1) is 12.7 Å².